The second-order valence-electron chi connectivity index (χ2n) is 4.26. The van der Waals surface area contributed by atoms with Crippen molar-refractivity contribution in [2.24, 2.45) is 0 Å². The summed E-state index contributed by atoms with van der Waals surface area (Å²) in [4.78, 5) is 11.6. The van der Waals surface area contributed by atoms with Crippen LogP contribution in [0.3, 0.4) is 0 Å². The number of carbonyl (C=O) groups is 1. The minimum atomic E-state index is -3.71. The summed E-state index contributed by atoms with van der Waals surface area (Å²) >= 11 is 0. The van der Waals surface area contributed by atoms with E-state index in [0.717, 1.165) is 16.3 Å². The van der Waals surface area contributed by atoms with Gasteiger partial charge in [-0.15, -0.1) is 0 Å². The van der Waals surface area contributed by atoms with E-state index in [1.54, 1.807) is 12.1 Å². The zero-order valence-electron chi connectivity index (χ0n) is 11.0. The molecule has 0 saturated heterocycles. The maximum Gasteiger partial charge on any atom is 0.266 e. The van der Waals surface area contributed by atoms with Gasteiger partial charge in [-0.1, -0.05) is 31.0 Å². The van der Waals surface area contributed by atoms with Crippen LogP contribution >= 0.6 is 0 Å². The Labute approximate surface area is 109 Å². The minimum absolute atomic E-state index is 0.166. The van der Waals surface area contributed by atoms with E-state index in [9.17, 15) is 13.2 Å². The van der Waals surface area contributed by atoms with Crippen LogP contribution in [0.1, 0.15) is 32.3 Å². The van der Waals surface area contributed by atoms with Gasteiger partial charge < -0.3 is 0 Å². The summed E-state index contributed by atoms with van der Waals surface area (Å²) in [6.07, 6.45) is 1.51. The molecule has 0 N–H and O–H groups in total. The van der Waals surface area contributed by atoms with Gasteiger partial charge in [0.15, 0.2) is 0 Å². The van der Waals surface area contributed by atoms with Crippen LogP contribution in [-0.4, -0.2) is 25.2 Å². The molecular formula is C13H19NO3S. The number of aryl methyl sites for hydroxylation is 1. The molecule has 0 aliphatic heterocycles. The Morgan fingerprint density at radius 2 is 1.78 bits per heavy atom. The Morgan fingerprint density at radius 3 is 2.22 bits per heavy atom. The van der Waals surface area contributed by atoms with Gasteiger partial charge in [-0.25, -0.2) is 12.7 Å². The van der Waals surface area contributed by atoms with E-state index in [0.29, 0.717) is 6.42 Å². The molecule has 0 aromatic heterocycles. The van der Waals surface area contributed by atoms with E-state index in [1.165, 1.54) is 19.1 Å². The van der Waals surface area contributed by atoms with E-state index in [2.05, 4.69) is 0 Å². The van der Waals surface area contributed by atoms with Gasteiger partial charge in [-0.3, -0.25) is 4.79 Å². The first-order valence-corrected chi connectivity index (χ1v) is 7.43. The molecule has 0 radical (unpaired) electrons. The molecule has 0 aliphatic carbocycles. The second-order valence-corrected chi connectivity index (χ2v) is 6.13. The van der Waals surface area contributed by atoms with Crippen molar-refractivity contribution >= 4 is 15.9 Å². The highest BCUT2D eigenvalue weighted by Crippen LogP contribution is 2.17. The Kier molecular flexibility index (Phi) is 4.90. The molecule has 5 heteroatoms. The number of sulfonamides is 1. The van der Waals surface area contributed by atoms with Crippen LogP contribution in [0.25, 0.3) is 0 Å². The van der Waals surface area contributed by atoms with E-state index >= 15 is 0 Å². The van der Waals surface area contributed by atoms with Gasteiger partial charge in [0.05, 0.1) is 4.90 Å². The highest BCUT2D eigenvalue weighted by atomic mass is 32.2. The molecule has 1 aromatic carbocycles. The molecule has 1 aromatic rings. The van der Waals surface area contributed by atoms with Crippen LogP contribution in [-0.2, 0) is 14.8 Å². The lowest BCUT2D eigenvalue weighted by Crippen LogP contribution is -2.36. The van der Waals surface area contributed by atoms with Crippen molar-refractivity contribution in [3.05, 3.63) is 29.8 Å². The van der Waals surface area contributed by atoms with E-state index in [1.807, 2.05) is 13.8 Å². The lowest BCUT2D eigenvalue weighted by molar-refractivity contribution is -0.124. The molecule has 1 amide bonds. The number of hydrogen-bond donors (Lipinski definition) is 0. The molecule has 100 valence electrons. The van der Waals surface area contributed by atoms with Gasteiger partial charge in [0.25, 0.3) is 10.0 Å². The maximum atomic E-state index is 12.3. The summed E-state index contributed by atoms with van der Waals surface area (Å²) in [5.74, 6) is -0.441. The van der Waals surface area contributed by atoms with Crippen molar-refractivity contribution in [2.45, 2.75) is 38.5 Å². The van der Waals surface area contributed by atoms with Crippen molar-refractivity contribution in [3.8, 4) is 0 Å². The summed E-state index contributed by atoms with van der Waals surface area (Å²) in [7, 11) is -3.71. The third-order valence-corrected chi connectivity index (χ3v) is 4.56. The van der Waals surface area contributed by atoms with Crippen LogP contribution < -0.4 is 0 Å². The fraction of sp³-hybridized carbons (Fsp3) is 0.462. The highest BCUT2D eigenvalue weighted by molar-refractivity contribution is 7.89. The molecule has 0 bridgehead atoms. The SMILES string of the molecule is CCCCN(C(C)=O)S(=O)(=O)c1ccc(C)cc1. The van der Waals surface area contributed by atoms with E-state index < -0.39 is 15.9 Å². The molecule has 0 fully saturated rings. The first kappa shape index (κ1) is 14.7. The normalized spacial score (nSPS) is 11.3. The van der Waals surface area contributed by atoms with Crippen LogP contribution in [0, 0.1) is 6.92 Å². The van der Waals surface area contributed by atoms with Gasteiger partial charge in [-0.2, -0.15) is 0 Å². The minimum Gasteiger partial charge on any atom is -0.274 e. The molecule has 0 heterocycles. The lowest BCUT2D eigenvalue weighted by Gasteiger charge is -2.20. The fourth-order valence-corrected chi connectivity index (χ4v) is 3.03. The number of carbonyl (C=O) groups excluding carboxylic acids is 1. The molecule has 0 aliphatic rings. The predicted octanol–water partition coefficient (Wildman–Crippen LogP) is 2.33. The molecule has 4 nitrogen and oxygen atoms in total. The Bertz CT molecular complexity index is 506. The summed E-state index contributed by atoms with van der Waals surface area (Å²) in [6, 6.07) is 6.52. The first-order chi connectivity index (χ1) is 8.39. The average Bonchev–Trinajstić information content (AvgIpc) is 2.29. The quantitative estimate of drug-likeness (QED) is 0.824. The third-order valence-electron chi connectivity index (χ3n) is 2.67. The predicted molar refractivity (Wildman–Crippen MR) is 70.7 cm³/mol. The number of nitrogens with zero attached hydrogens (tertiary/aromatic N) is 1. The molecule has 18 heavy (non-hydrogen) atoms. The summed E-state index contributed by atoms with van der Waals surface area (Å²) in [5, 5.41) is 0. The zero-order valence-corrected chi connectivity index (χ0v) is 11.8. The third kappa shape index (κ3) is 3.32. The van der Waals surface area contributed by atoms with Gasteiger partial charge in [-0.05, 0) is 25.5 Å². The highest BCUT2D eigenvalue weighted by Gasteiger charge is 2.25. The number of amides is 1. The van der Waals surface area contributed by atoms with Crippen molar-refractivity contribution in [1.29, 1.82) is 0 Å². The summed E-state index contributed by atoms with van der Waals surface area (Å²) in [6.45, 7) is 5.36. The molecule has 0 unspecified atom stereocenters. The largest absolute Gasteiger partial charge is 0.274 e. The van der Waals surface area contributed by atoms with Gasteiger partial charge in [0, 0.05) is 13.5 Å². The molecular weight excluding hydrogens is 250 g/mol. The Hall–Kier alpha value is -1.36. The number of hydrogen-bond acceptors (Lipinski definition) is 3. The molecule has 0 spiro atoms. The fourth-order valence-electron chi connectivity index (χ4n) is 1.59. The molecule has 0 atom stereocenters. The summed E-state index contributed by atoms with van der Waals surface area (Å²) < 4.78 is 25.5. The topological polar surface area (TPSA) is 54.5 Å². The van der Waals surface area contributed by atoms with Crippen molar-refractivity contribution in [3.63, 3.8) is 0 Å². The van der Waals surface area contributed by atoms with Gasteiger partial charge in [0.1, 0.15) is 0 Å². The number of unbranched alkanes of at least 4 members (excludes halogenated alkanes) is 1. The van der Waals surface area contributed by atoms with Crippen molar-refractivity contribution in [2.75, 3.05) is 6.54 Å². The standard InChI is InChI=1S/C13H19NO3S/c1-4-5-10-14(12(3)15)18(16,17)13-8-6-11(2)7-9-13/h6-9H,4-5,10H2,1-3H3. The Morgan fingerprint density at radius 1 is 1.22 bits per heavy atom. The lowest BCUT2D eigenvalue weighted by atomic mass is 10.2. The smallest absolute Gasteiger partial charge is 0.266 e. The zero-order chi connectivity index (χ0) is 13.8. The van der Waals surface area contributed by atoms with Crippen LogP contribution in [0.5, 0.6) is 0 Å². The molecule has 0 saturated carbocycles. The van der Waals surface area contributed by atoms with Crippen LogP contribution in [0.2, 0.25) is 0 Å². The maximum absolute atomic E-state index is 12.3. The van der Waals surface area contributed by atoms with Crippen LogP contribution in [0.15, 0.2) is 29.2 Å². The first-order valence-electron chi connectivity index (χ1n) is 5.99. The van der Waals surface area contributed by atoms with E-state index in [4.69, 9.17) is 0 Å². The van der Waals surface area contributed by atoms with Gasteiger partial charge in [0.2, 0.25) is 5.91 Å². The number of benzene rings is 1. The van der Waals surface area contributed by atoms with Crippen molar-refractivity contribution in [1.82, 2.24) is 4.31 Å². The van der Waals surface area contributed by atoms with E-state index in [-0.39, 0.29) is 11.4 Å². The van der Waals surface area contributed by atoms with Crippen LogP contribution in [0.4, 0.5) is 0 Å². The monoisotopic (exact) mass is 269 g/mol. The number of rotatable bonds is 5. The van der Waals surface area contributed by atoms with Gasteiger partial charge >= 0.3 is 0 Å². The second kappa shape index (κ2) is 6.00. The Balaban J connectivity index is 3.09. The average molecular weight is 269 g/mol. The summed E-state index contributed by atoms with van der Waals surface area (Å²) in [5.41, 5.74) is 0.983. The van der Waals surface area contributed by atoms with Crippen molar-refractivity contribution < 1.29 is 13.2 Å². The molecule has 1 rings (SSSR count).